The van der Waals surface area contributed by atoms with E-state index in [-0.39, 0.29) is 5.16 Å². The van der Waals surface area contributed by atoms with Crippen LogP contribution in [-0.2, 0) is 15.6 Å². The average Bonchev–Trinajstić information content (AvgIpc) is 2.93. The Morgan fingerprint density at radius 3 is 2.45 bits per heavy atom. The molecule has 7 nitrogen and oxygen atoms in total. The zero-order valence-electron chi connectivity index (χ0n) is 11.6. The zero-order valence-corrected chi connectivity index (χ0v) is 13.2. The molecule has 0 fully saturated rings. The molecule has 0 spiro atoms. The van der Waals surface area contributed by atoms with Gasteiger partial charge in [0.25, 0.3) is 15.2 Å². The summed E-state index contributed by atoms with van der Waals surface area (Å²) in [5.41, 5.74) is -0.530. The average molecular weight is 316 g/mol. The summed E-state index contributed by atoms with van der Waals surface area (Å²) >= 11 is 1.40. The van der Waals surface area contributed by atoms with E-state index < -0.39 is 15.6 Å². The lowest BCUT2D eigenvalue weighted by Crippen LogP contribution is -2.29. The fraction of sp³-hybridized carbons (Fsp3) is 0.455. The Morgan fingerprint density at radius 2 is 2.00 bits per heavy atom. The van der Waals surface area contributed by atoms with Crippen LogP contribution in [0.25, 0.3) is 10.7 Å². The Hall–Kier alpha value is -1.45. The lowest BCUT2D eigenvalue weighted by molar-refractivity contribution is 0.366. The highest BCUT2D eigenvalue weighted by Crippen LogP contribution is 2.33. The van der Waals surface area contributed by atoms with Crippen molar-refractivity contribution in [2.45, 2.75) is 31.5 Å². The fourth-order valence-corrected chi connectivity index (χ4v) is 3.36. The van der Waals surface area contributed by atoms with E-state index in [9.17, 15) is 8.42 Å². The van der Waals surface area contributed by atoms with Gasteiger partial charge in [0.1, 0.15) is 5.75 Å². The van der Waals surface area contributed by atoms with Crippen molar-refractivity contribution in [1.82, 2.24) is 14.8 Å². The summed E-state index contributed by atoms with van der Waals surface area (Å²) in [6.45, 7) is 5.58. The number of nitrogens with zero attached hydrogens (tertiary/aromatic N) is 3. The monoisotopic (exact) mass is 316 g/mol. The number of primary sulfonamides is 1. The van der Waals surface area contributed by atoms with Crippen molar-refractivity contribution >= 4 is 21.4 Å². The second kappa shape index (κ2) is 4.83. The van der Waals surface area contributed by atoms with Crippen LogP contribution in [0, 0.1) is 0 Å². The van der Waals surface area contributed by atoms with Gasteiger partial charge in [0.2, 0.25) is 0 Å². The molecule has 110 valence electrons. The molecule has 0 aliphatic rings. The quantitative estimate of drug-likeness (QED) is 0.923. The fourth-order valence-electron chi connectivity index (χ4n) is 1.76. The number of hydrogen-bond acceptors (Lipinski definition) is 6. The molecule has 20 heavy (non-hydrogen) atoms. The van der Waals surface area contributed by atoms with Gasteiger partial charge in [-0.2, -0.15) is 0 Å². The first kappa shape index (κ1) is 14.9. The Kier molecular flexibility index (Phi) is 3.61. The number of nitrogens with two attached hydrogens (primary N) is 1. The highest BCUT2D eigenvalue weighted by atomic mass is 32.2. The third kappa shape index (κ3) is 2.69. The normalized spacial score (nSPS) is 12.7. The van der Waals surface area contributed by atoms with Crippen molar-refractivity contribution in [2.24, 2.45) is 5.14 Å². The largest absolute Gasteiger partial charge is 0.496 e. The molecule has 0 aliphatic heterocycles. The highest BCUT2D eigenvalue weighted by molar-refractivity contribution is 7.89. The van der Waals surface area contributed by atoms with Crippen molar-refractivity contribution in [3.8, 4) is 16.5 Å². The topological polar surface area (TPSA) is 100 Å². The Labute approximate surface area is 121 Å². The number of sulfonamides is 1. The smallest absolute Gasteiger partial charge is 0.273 e. The first-order valence-electron chi connectivity index (χ1n) is 5.76. The number of aromatic nitrogens is 3. The predicted octanol–water partition coefficient (Wildman–Crippen LogP) is 1.42. The van der Waals surface area contributed by atoms with Gasteiger partial charge in [-0.15, -0.1) is 21.5 Å². The van der Waals surface area contributed by atoms with Crippen molar-refractivity contribution in [1.29, 1.82) is 0 Å². The van der Waals surface area contributed by atoms with E-state index in [2.05, 4.69) is 10.2 Å². The van der Waals surface area contributed by atoms with E-state index in [1.54, 1.807) is 13.2 Å². The van der Waals surface area contributed by atoms with Crippen LogP contribution in [0.2, 0.25) is 0 Å². The molecule has 0 saturated carbocycles. The molecule has 2 aromatic heterocycles. The number of rotatable bonds is 3. The molecule has 0 aliphatic carbocycles. The summed E-state index contributed by atoms with van der Waals surface area (Å²) in [6.07, 6.45) is 0. The molecule has 0 aromatic carbocycles. The number of thiophene rings is 1. The molecule has 2 N–H and O–H groups in total. The molecule has 2 aromatic rings. The molecule has 0 saturated heterocycles. The van der Waals surface area contributed by atoms with E-state index in [1.807, 2.05) is 26.2 Å². The van der Waals surface area contributed by atoms with Crippen LogP contribution >= 0.6 is 11.3 Å². The van der Waals surface area contributed by atoms with Crippen molar-refractivity contribution in [2.75, 3.05) is 7.11 Å². The van der Waals surface area contributed by atoms with Gasteiger partial charge in [0, 0.05) is 17.0 Å². The second-order valence-electron chi connectivity index (χ2n) is 5.21. The lowest BCUT2D eigenvalue weighted by atomic mass is 10.1. The third-order valence-corrected chi connectivity index (χ3v) is 4.27. The van der Waals surface area contributed by atoms with Crippen LogP contribution in [0.5, 0.6) is 5.75 Å². The van der Waals surface area contributed by atoms with Crippen molar-refractivity contribution in [3.05, 3.63) is 11.4 Å². The molecule has 2 heterocycles. The Balaban J connectivity index is 2.69. The molecular formula is C11H16N4O3S2. The summed E-state index contributed by atoms with van der Waals surface area (Å²) < 4.78 is 29.9. The Morgan fingerprint density at radius 1 is 1.35 bits per heavy atom. The lowest BCUT2D eigenvalue weighted by Gasteiger charge is -2.23. The molecule has 0 atom stereocenters. The first-order valence-corrected chi connectivity index (χ1v) is 8.19. The van der Waals surface area contributed by atoms with Crippen LogP contribution in [0.3, 0.4) is 0 Å². The van der Waals surface area contributed by atoms with E-state index in [0.29, 0.717) is 11.6 Å². The summed E-state index contributed by atoms with van der Waals surface area (Å²) in [6, 6.07) is 1.78. The van der Waals surface area contributed by atoms with Gasteiger partial charge in [-0.3, -0.25) is 4.57 Å². The summed E-state index contributed by atoms with van der Waals surface area (Å²) in [5.74, 6) is 1.14. The molecule has 0 radical (unpaired) electrons. The maximum absolute atomic E-state index is 11.6. The summed E-state index contributed by atoms with van der Waals surface area (Å²) in [5, 5.41) is 14.5. The summed E-state index contributed by atoms with van der Waals surface area (Å²) in [7, 11) is -2.37. The van der Waals surface area contributed by atoms with Crippen molar-refractivity contribution in [3.63, 3.8) is 0 Å². The maximum Gasteiger partial charge on any atom is 0.273 e. The minimum absolute atomic E-state index is 0.243. The van der Waals surface area contributed by atoms with Crippen LogP contribution in [0.4, 0.5) is 0 Å². The molecule has 0 bridgehead atoms. The van der Waals surface area contributed by atoms with Crippen LogP contribution < -0.4 is 9.88 Å². The highest BCUT2D eigenvalue weighted by Gasteiger charge is 2.29. The Bertz CT molecular complexity index is 725. The minimum atomic E-state index is -3.94. The van der Waals surface area contributed by atoms with Gasteiger partial charge < -0.3 is 4.74 Å². The van der Waals surface area contributed by atoms with Gasteiger partial charge in [0.05, 0.1) is 12.0 Å². The van der Waals surface area contributed by atoms with Gasteiger partial charge in [-0.1, -0.05) is 0 Å². The minimum Gasteiger partial charge on any atom is -0.496 e. The van der Waals surface area contributed by atoms with Crippen LogP contribution in [0.1, 0.15) is 20.8 Å². The standard InChI is InChI=1S/C11H16N4O3S2/c1-11(2,3)15-9(8-5-7(18-4)6-19-8)13-14-10(15)20(12,16)17/h5-6H,1-4H3,(H2,12,16,17). The third-order valence-electron chi connectivity index (χ3n) is 2.59. The van der Waals surface area contributed by atoms with Crippen LogP contribution in [-0.4, -0.2) is 30.3 Å². The SMILES string of the molecule is COc1csc(-c2nnc(S(N)(=O)=O)n2C(C)(C)C)c1. The van der Waals surface area contributed by atoms with Gasteiger partial charge in [-0.05, 0) is 20.8 Å². The second-order valence-corrected chi connectivity index (χ2v) is 7.57. The number of methoxy groups -OCH3 is 1. The molecule has 2 rings (SSSR count). The van der Waals surface area contributed by atoms with Crippen molar-refractivity contribution < 1.29 is 13.2 Å². The first-order chi connectivity index (χ1) is 9.14. The van der Waals surface area contributed by atoms with Gasteiger partial charge in [-0.25, -0.2) is 13.6 Å². The van der Waals surface area contributed by atoms with E-state index in [1.165, 1.54) is 15.9 Å². The maximum atomic E-state index is 11.6. The molecule has 0 amide bonds. The zero-order chi connectivity index (χ0) is 15.1. The van der Waals surface area contributed by atoms with E-state index >= 15 is 0 Å². The number of ether oxygens (including phenoxy) is 1. The van der Waals surface area contributed by atoms with E-state index in [0.717, 1.165) is 4.88 Å². The molecular weight excluding hydrogens is 300 g/mol. The molecule has 9 heteroatoms. The number of hydrogen-bond donors (Lipinski definition) is 1. The molecule has 0 unspecified atom stereocenters. The predicted molar refractivity (Wildman–Crippen MR) is 76.3 cm³/mol. The van der Waals surface area contributed by atoms with E-state index in [4.69, 9.17) is 9.88 Å². The van der Waals surface area contributed by atoms with Gasteiger partial charge >= 0.3 is 0 Å². The summed E-state index contributed by atoms with van der Waals surface area (Å²) in [4.78, 5) is 0.763. The van der Waals surface area contributed by atoms with Gasteiger partial charge in [0.15, 0.2) is 5.82 Å². The van der Waals surface area contributed by atoms with Crippen LogP contribution in [0.15, 0.2) is 16.6 Å².